The minimum Gasteiger partial charge on any atom is -0.262 e. The smallest absolute Gasteiger partial charge is 0.0659 e. The van der Waals surface area contributed by atoms with Crippen molar-refractivity contribution < 1.29 is 0 Å². The zero-order valence-corrected chi connectivity index (χ0v) is 6.29. The Balaban J connectivity index is 2.14. The van der Waals surface area contributed by atoms with Crippen LogP contribution in [0.5, 0.6) is 0 Å². The van der Waals surface area contributed by atoms with Gasteiger partial charge in [-0.3, -0.25) is 4.68 Å². The molecule has 2 heterocycles. The van der Waals surface area contributed by atoms with Gasteiger partial charge in [-0.05, 0) is 29.5 Å². The van der Waals surface area contributed by atoms with Crippen LogP contribution in [0.25, 0.3) is 0 Å². The lowest BCUT2D eigenvalue weighted by molar-refractivity contribution is 0.814. The van der Waals surface area contributed by atoms with Gasteiger partial charge in [0.05, 0.1) is 6.54 Å². The molecule has 0 fully saturated rings. The van der Waals surface area contributed by atoms with Crippen LogP contribution in [0.4, 0.5) is 0 Å². The lowest BCUT2D eigenvalue weighted by Gasteiger charge is -2.16. The molecule has 0 unspecified atom stereocenters. The van der Waals surface area contributed by atoms with Gasteiger partial charge in [-0.15, -0.1) is 0 Å². The van der Waals surface area contributed by atoms with E-state index in [1.165, 1.54) is 0 Å². The summed E-state index contributed by atoms with van der Waals surface area (Å²) >= 11 is 1.72. The van der Waals surface area contributed by atoms with Gasteiger partial charge in [-0.1, -0.05) is 6.08 Å². The van der Waals surface area contributed by atoms with E-state index in [1.807, 2.05) is 24.5 Å². The maximum atomic E-state index is 2.17. The molecule has 0 saturated heterocycles. The van der Waals surface area contributed by atoms with E-state index >= 15 is 0 Å². The Hall–Kier alpha value is -0.830. The summed E-state index contributed by atoms with van der Waals surface area (Å²) in [4.78, 5) is 0. The molecule has 1 aromatic rings. The van der Waals surface area contributed by atoms with Gasteiger partial charge in [-0.2, -0.15) is 0 Å². The maximum absolute atomic E-state index is 2.17. The summed E-state index contributed by atoms with van der Waals surface area (Å²) in [6.45, 7) is 0.999. The van der Waals surface area contributed by atoms with Crippen molar-refractivity contribution in [3.63, 3.8) is 0 Å². The molecule has 0 N–H and O–H groups in total. The van der Waals surface area contributed by atoms with Crippen molar-refractivity contribution in [2.75, 3.05) is 11.0 Å². The highest BCUT2D eigenvalue weighted by Gasteiger charge is 2.04. The van der Waals surface area contributed by atoms with Crippen molar-refractivity contribution in [1.82, 2.24) is 4.68 Å². The highest BCUT2D eigenvalue weighted by atomic mass is 32.2. The first-order chi connectivity index (χ1) is 4.97. The molecule has 0 saturated carbocycles. The summed E-state index contributed by atoms with van der Waals surface area (Å²) in [6.07, 6.45) is 6.23. The third-order valence-corrected chi connectivity index (χ3v) is 2.28. The van der Waals surface area contributed by atoms with Gasteiger partial charge in [0.2, 0.25) is 0 Å². The van der Waals surface area contributed by atoms with Gasteiger partial charge in [0, 0.05) is 12.4 Å². The Morgan fingerprint density at radius 3 is 2.60 bits per heavy atom. The van der Waals surface area contributed by atoms with Crippen LogP contribution in [0.1, 0.15) is 0 Å². The second kappa shape index (κ2) is 2.42. The number of aromatic nitrogens is 1. The number of rotatable bonds is 1. The minimum absolute atomic E-state index is 0.999. The molecule has 1 aliphatic rings. The summed E-state index contributed by atoms with van der Waals surface area (Å²) in [7, 11) is 0. The molecular formula is C7H8N2S. The van der Waals surface area contributed by atoms with Crippen molar-refractivity contribution in [1.29, 1.82) is 0 Å². The van der Waals surface area contributed by atoms with Crippen LogP contribution in [0.3, 0.4) is 0 Å². The van der Waals surface area contributed by atoms with Gasteiger partial charge < -0.3 is 0 Å². The van der Waals surface area contributed by atoms with Gasteiger partial charge >= 0.3 is 0 Å². The van der Waals surface area contributed by atoms with E-state index in [0.29, 0.717) is 0 Å². The second-order valence-corrected chi connectivity index (χ2v) is 2.98. The third-order valence-electron chi connectivity index (χ3n) is 1.39. The zero-order chi connectivity index (χ0) is 6.81. The van der Waals surface area contributed by atoms with E-state index in [-0.39, 0.29) is 0 Å². The first-order valence-corrected chi connectivity index (χ1v) is 4.03. The lowest BCUT2D eigenvalue weighted by atomic mass is 10.7. The maximum Gasteiger partial charge on any atom is 0.0659 e. The summed E-state index contributed by atoms with van der Waals surface area (Å²) in [5.74, 6) is 0. The molecule has 10 heavy (non-hydrogen) atoms. The van der Waals surface area contributed by atoms with Crippen molar-refractivity contribution in [3.8, 4) is 0 Å². The van der Waals surface area contributed by atoms with Crippen LogP contribution in [0, 0.1) is 0 Å². The molecule has 52 valence electrons. The summed E-state index contributed by atoms with van der Waals surface area (Å²) in [5.41, 5.74) is 0. The summed E-state index contributed by atoms with van der Waals surface area (Å²) < 4.78 is 4.24. The van der Waals surface area contributed by atoms with Crippen molar-refractivity contribution >= 4 is 11.9 Å². The van der Waals surface area contributed by atoms with E-state index in [4.69, 9.17) is 0 Å². The molecule has 1 aromatic heterocycles. The molecule has 0 amide bonds. The number of nitrogens with zero attached hydrogens (tertiary/aromatic N) is 2. The fourth-order valence-corrected chi connectivity index (χ4v) is 1.61. The van der Waals surface area contributed by atoms with E-state index in [1.54, 1.807) is 11.9 Å². The van der Waals surface area contributed by atoms with Crippen LogP contribution in [-0.2, 0) is 0 Å². The third kappa shape index (κ3) is 0.926. The van der Waals surface area contributed by atoms with E-state index in [9.17, 15) is 0 Å². The SMILES string of the molecule is C1=CSN(n2cccc2)C1. The molecule has 0 aliphatic carbocycles. The van der Waals surface area contributed by atoms with Gasteiger partial charge in [0.15, 0.2) is 0 Å². The molecule has 0 spiro atoms. The Morgan fingerprint density at radius 1 is 1.20 bits per heavy atom. The predicted molar refractivity (Wildman–Crippen MR) is 44.2 cm³/mol. The quantitative estimate of drug-likeness (QED) is 0.565. The average molecular weight is 152 g/mol. The predicted octanol–water partition coefficient (Wildman–Crippen LogP) is 1.60. The zero-order valence-electron chi connectivity index (χ0n) is 5.47. The summed E-state index contributed by atoms with van der Waals surface area (Å²) in [5, 5.41) is 2.10. The molecule has 3 heteroatoms. The Bertz CT molecular complexity index is 220. The van der Waals surface area contributed by atoms with Gasteiger partial charge in [0.25, 0.3) is 0 Å². The largest absolute Gasteiger partial charge is 0.262 e. The van der Waals surface area contributed by atoms with Crippen LogP contribution in [0.2, 0.25) is 0 Å². The fraction of sp³-hybridized carbons (Fsp3) is 0.143. The summed E-state index contributed by atoms with van der Waals surface area (Å²) in [6, 6.07) is 4.05. The second-order valence-electron chi connectivity index (χ2n) is 2.07. The standard InChI is InChI=1S/C7H8N2S/c1-2-5-8(4-1)9-6-3-7-10-9/h1-5,7H,6H2. The van der Waals surface area contributed by atoms with Gasteiger partial charge in [0.1, 0.15) is 0 Å². The molecule has 0 radical (unpaired) electrons. The molecular weight excluding hydrogens is 144 g/mol. The molecule has 0 aromatic carbocycles. The monoisotopic (exact) mass is 152 g/mol. The number of hydrogen-bond acceptors (Lipinski definition) is 2. The van der Waals surface area contributed by atoms with Crippen molar-refractivity contribution in [2.45, 2.75) is 0 Å². The van der Waals surface area contributed by atoms with Crippen LogP contribution in [-0.4, -0.2) is 11.2 Å². The Morgan fingerprint density at radius 2 is 2.00 bits per heavy atom. The molecule has 2 nitrogen and oxygen atoms in total. The van der Waals surface area contributed by atoms with Crippen molar-refractivity contribution in [3.05, 3.63) is 36.0 Å². The van der Waals surface area contributed by atoms with Gasteiger partial charge in [-0.25, -0.2) is 4.41 Å². The Labute approximate surface area is 64.2 Å². The van der Waals surface area contributed by atoms with Crippen LogP contribution >= 0.6 is 11.9 Å². The highest BCUT2D eigenvalue weighted by molar-refractivity contribution is 8.03. The van der Waals surface area contributed by atoms with E-state index < -0.39 is 0 Å². The molecule has 1 aliphatic heterocycles. The van der Waals surface area contributed by atoms with E-state index in [0.717, 1.165) is 6.54 Å². The average Bonchev–Trinajstić information content (AvgIpc) is 2.59. The topological polar surface area (TPSA) is 8.17 Å². The molecule has 2 rings (SSSR count). The first-order valence-electron chi connectivity index (χ1n) is 3.19. The normalized spacial score (nSPS) is 16.6. The molecule has 0 bridgehead atoms. The first kappa shape index (κ1) is 5.92. The Kier molecular flexibility index (Phi) is 1.43. The number of hydrogen-bond donors (Lipinski definition) is 0. The molecule has 0 atom stereocenters. The van der Waals surface area contributed by atoms with Crippen LogP contribution in [0.15, 0.2) is 36.0 Å². The minimum atomic E-state index is 0.999. The fourth-order valence-electron chi connectivity index (χ4n) is 0.912. The van der Waals surface area contributed by atoms with Crippen molar-refractivity contribution in [2.24, 2.45) is 0 Å². The van der Waals surface area contributed by atoms with Crippen LogP contribution < -0.4 is 4.41 Å². The van der Waals surface area contributed by atoms with E-state index in [2.05, 4.69) is 20.6 Å². The highest BCUT2D eigenvalue weighted by Crippen LogP contribution is 2.15. The lowest BCUT2D eigenvalue weighted by Crippen LogP contribution is -2.22.